The van der Waals surface area contributed by atoms with Gasteiger partial charge >= 0.3 is 5.97 Å². The van der Waals surface area contributed by atoms with Crippen LogP contribution in [0.1, 0.15) is 17.5 Å². The van der Waals surface area contributed by atoms with Crippen LogP contribution >= 0.6 is 0 Å². The molecule has 0 fully saturated rings. The van der Waals surface area contributed by atoms with E-state index in [0.717, 1.165) is 6.42 Å². The lowest BCUT2D eigenvalue weighted by Gasteiger charge is -2.18. The van der Waals surface area contributed by atoms with Crippen molar-refractivity contribution >= 4 is 0 Å². The normalized spacial score (nSPS) is 11.7. The van der Waals surface area contributed by atoms with Gasteiger partial charge in [0.2, 0.25) is 0 Å². The summed E-state index contributed by atoms with van der Waals surface area (Å²) in [5.41, 5.74) is 6.17. The Morgan fingerprint density at radius 3 is 2.36 bits per heavy atom. The molecule has 0 aliphatic rings. The van der Waals surface area contributed by atoms with Crippen molar-refractivity contribution in [1.29, 1.82) is 0 Å². The van der Waals surface area contributed by atoms with Crippen LogP contribution in [0.15, 0.2) is 24.3 Å². The maximum atomic E-state index is 9.05. The van der Waals surface area contributed by atoms with E-state index in [9.17, 15) is 0 Å². The fourth-order valence-corrected chi connectivity index (χ4v) is 1.36. The lowest BCUT2D eigenvalue weighted by molar-refractivity contribution is -0.324. The van der Waals surface area contributed by atoms with E-state index in [1.54, 1.807) is 18.2 Å². The topological polar surface area (TPSA) is 86.7 Å². The molecule has 0 amide bonds. The number of hydrogen-bond acceptors (Lipinski definition) is 4. The summed E-state index contributed by atoms with van der Waals surface area (Å²) in [5, 5.41) is 27.1. The first-order valence-electron chi connectivity index (χ1n) is 4.51. The Hall–Kier alpha value is -0.940. The highest BCUT2D eigenvalue weighted by atomic mass is 16.7. The monoisotopic (exact) mass is 197 g/mol. The molecule has 1 aromatic rings. The third kappa shape index (κ3) is 2.78. The number of aryl methyl sites for hydroxylation is 1. The molecule has 78 valence electrons. The van der Waals surface area contributed by atoms with Crippen LogP contribution in [-0.4, -0.2) is 21.9 Å². The van der Waals surface area contributed by atoms with Gasteiger partial charge in [0.25, 0.3) is 0 Å². The predicted octanol–water partition coefficient (Wildman–Crippen LogP) is -0.335. The van der Waals surface area contributed by atoms with Gasteiger partial charge in [0, 0.05) is 5.56 Å². The van der Waals surface area contributed by atoms with E-state index in [0.29, 0.717) is 18.5 Å². The highest BCUT2D eigenvalue weighted by Gasteiger charge is 2.24. The summed E-state index contributed by atoms with van der Waals surface area (Å²) in [4.78, 5) is 0. The van der Waals surface area contributed by atoms with Crippen LogP contribution in [0, 0.1) is 0 Å². The Morgan fingerprint density at radius 1 is 1.14 bits per heavy atom. The van der Waals surface area contributed by atoms with Gasteiger partial charge in [0.15, 0.2) is 0 Å². The van der Waals surface area contributed by atoms with Gasteiger partial charge in [0.1, 0.15) is 0 Å². The molecule has 4 heteroatoms. The van der Waals surface area contributed by atoms with Gasteiger partial charge in [-0.2, -0.15) is 0 Å². The molecule has 0 radical (unpaired) electrons. The standard InChI is InChI=1S/C10H15NO3/c11-7-3-5-8-4-1-2-6-9(8)10(12,13)14/h1-2,4,6,12-14H,3,5,7,11H2. The molecule has 1 rings (SSSR count). The predicted molar refractivity (Wildman–Crippen MR) is 52.2 cm³/mol. The summed E-state index contributed by atoms with van der Waals surface area (Å²) in [5.74, 6) is -2.76. The van der Waals surface area contributed by atoms with Crippen LogP contribution in [0.3, 0.4) is 0 Å². The molecule has 0 spiro atoms. The molecule has 4 nitrogen and oxygen atoms in total. The molecular weight excluding hydrogens is 182 g/mol. The second kappa shape index (κ2) is 4.52. The molecule has 14 heavy (non-hydrogen) atoms. The Kier molecular flexibility index (Phi) is 3.60. The molecule has 5 N–H and O–H groups in total. The van der Waals surface area contributed by atoms with Gasteiger partial charge < -0.3 is 21.1 Å². The van der Waals surface area contributed by atoms with Crippen LogP contribution < -0.4 is 5.73 Å². The van der Waals surface area contributed by atoms with Crippen molar-refractivity contribution < 1.29 is 15.3 Å². The first-order chi connectivity index (χ1) is 6.55. The highest BCUT2D eigenvalue weighted by Crippen LogP contribution is 2.20. The molecule has 0 atom stereocenters. The number of hydrogen-bond donors (Lipinski definition) is 4. The van der Waals surface area contributed by atoms with E-state index in [2.05, 4.69) is 0 Å². The Bertz CT molecular complexity index is 294. The second-order valence-corrected chi connectivity index (χ2v) is 3.18. The fourth-order valence-electron chi connectivity index (χ4n) is 1.36. The minimum Gasteiger partial charge on any atom is -0.340 e. The molecule has 1 aromatic carbocycles. The van der Waals surface area contributed by atoms with E-state index in [-0.39, 0.29) is 5.56 Å². The van der Waals surface area contributed by atoms with Crippen molar-refractivity contribution in [3.63, 3.8) is 0 Å². The lowest BCUT2D eigenvalue weighted by atomic mass is 10.0. The molecule has 0 aliphatic heterocycles. The first-order valence-corrected chi connectivity index (χ1v) is 4.51. The second-order valence-electron chi connectivity index (χ2n) is 3.18. The zero-order valence-corrected chi connectivity index (χ0v) is 7.85. The summed E-state index contributed by atoms with van der Waals surface area (Å²) in [6.07, 6.45) is 1.36. The zero-order valence-electron chi connectivity index (χ0n) is 7.85. The quantitative estimate of drug-likeness (QED) is 0.498. The average molecular weight is 197 g/mol. The molecule has 0 heterocycles. The van der Waals surface area contributed by atoms with Gasteiger partial charge in [-0.25, -0.2) is 0 Å². The minimum absolute atomic E-state index is 0.119. The third-order valence-corrected chi connectivity index (χ3v) is 2.03. The van der Waals surface area contributed by atoms with Crippen molar-refractivity contribution in [3.05, 3.63) is 35.4 Å². The van der Waals surface area contributed by atoms with Crippen molar-refractivity contribution in [3.8, 4) is 0 Å². The van der Waals surface area contributed by atoms with Crippen LogP contribution in [0.4, 0.5) is 0 Å². The molecule has 0 aromatic heterocycles. The van der Waals surface area contributed by atoms with Crippen molar-refractivity contribution in [2.45, 2.75) is 18.8 Å². The molecule has 0 saturated heterocycles. The minimum atomic E-state index is -2.76. The van der Waals surface area contributed by atoms with Crippen LogP contribution in [0.25, 0.3) is 0 Å². The molecule has 0 bridgehead atoms. The van der Waals surface area contributed by atoms with Crippen LogP contribution in [0.2, 0.25) is 0 Å². The van der Waals surface area contributed by atoms with E-state index >= 15 is 0 Å². The molecule has 0 aliphatic carbocycles. The summed E-state index contributed by atoms with van der Waals surface area (Å²) in [6.45, 7) is 0.531. The number of rotatable bonds is 4. The summed E-state index contributed by atoms with van der Waals surface area (Å²) < 4.78 is 0. The summed E-state index contributed by atoms with van der Waals surface area (Å²) in [7, 11) is 0. The third-order valence-electron chi connectivity index (χ3n) is 2.03. The Morgan fingerprint density at radius 2 is 1.79 bits per heavy atom. The van der Waals surface area contributed by atoms with Gasteiger partial charge in [-0.15, -0.1) is 0 Å². The SMILES string of the molecule is NCCCc1ccccc1C(O)(O)O. The van der Waals surface area contributed by atoms with E-state index in [1.165, 1.54) is 6.07 Å². The van der Waals surface area contributed by atoms with Crippen LogP contribution in [-0.2, 0) is 12.4 Å². The van der Waals surface area contributed by atoms with Crippen molar-refractivity contribution in [1.82, 2.24) is 0 Å². The van der Waals surface area contributed by atoms with Gasteiger partial charge in [0.05, 0.1) is 0 Å². The molecular formula is C10H15NO3. The highest BCUT2D eigenvalue weighted by molar-refractivity contribution is 5.29. The molecule has 0 saturated carbocycles. The number of nitrogens with two attached hydrogens (primary N) is 1. The maximum Gasteiger partial charge on any atom is 0.304 e. The summed E-state index contributed by atoms with van der Waals surface area (Å²) in [6, 6.07) is 6.63. The number of benzene rings is 1. The van der Waals surface area contributed by atoms with Crippen molar-refractivity contribution in [2.75, 3.05) is 6.54 Å². The van der Waals surface area contributed by atoms with Gasteiger partial charge in [-0.3, -0.25) is 0 Å². The zero-order chi connectivity index (χ0) is 10.6. The largest absolute Gasteiger partial charge is 0.340 e. The number of aliphatic hydroxyl groups is 3. The van der Waals surface area contributed by atoms with Crippen LogP contribution in [0.5, 0.6) is 0 Å². The van der Waals surface area contributed by atoms with E-state index in [4.69, 9.17) is 21.1 Å². The Balaban J connectivity index is 2.92. The summed E-state index contributed by atoms with van der Waals surface area (Å²) >= 11 is 0. The smallest absolute Gasteiger partial charge is 0.304 e. The Labute approximate surface area is 82.6 Å². The van der Waals surface area contributed by atoms with E-state index in [1.807, 2.05) is 0 Å². The lowest BCUT2D eigenvalue weighted by Crippen LogP contribution is -2.25. The van der Waals surface area contributed by atoms with E-state index < -0.39 is 5.97 Å². The van der Waals surface area contributed by atoms with Crippen molar-refractivity contribution in [2.24, 2.45) is 5.73 Å². The van der Waals surface area contributed by atoms with Gasteiger partial charge in [-0.1, -0.05) is 24.3 Å². The molecule has 0 unspecified atom stereocenters. The fraction of sp³-hybridized carbons (Fsp3) is 0.400. The maximum absolute atomic E-state index is 9.05. The first kappa shape index (κ1) is 11.1. The van der Waals surface area contributed by atoms with Gasteiger partial charge in [-0.05, 0) is 24.9 Å². The average Bonchev–Trinajstić information content (AvgIpc) is 2.14.